The van der Waals surface area contributed by atoms with Crippen molar-refractivity contribution in [1.82, 2.24) is 10.2 Å². The highest BCUT2D eigenvalue weighted by Crippen LogP contribution is 2.40. The van der Waals surface area contributed by atoms with E-state index in [0.29, 0.717) is 0 Å². The Labute approximate surface area is 128 Å². The molecule has 0 aromatic heterocycles. The summed E-state index contributed by atoms with van der Waals surface area (Å²) in [6, 6.07) is 8.46. The molecule has 1 aliphatic heterocycles. The lowest BCUT2D eigenvalue weighted by molar-refractivity contribution is 0.100. The van der Waals surface area contributed by atoms with Crippen LogP contribution in [0.5, 0.6) is 0 Å². The summed E-state index contributed by atoms with van der Waals surface area (Å²) in [6.45, 7) is 8.11. The van der Waals surface area contributed by atoms with Crippen molar-refractivity contribution in [3.8, 4) is 0 Å². The van der Waals surface area contributed by atoms with Crippen LogP contribution in [0.25, 0.3) is 0 Å². The van der Waals surface area contributed by atoms with Crippen LogP contribution in [0.4, 0.5) is 0 Å². The summed E-state index contributed by atoms with van der Waals surface area (Å²) in [5.74, 6) is 1.93. The monoisotopic (exact) mass is 284 g/mol. The summed E-state index contributed by atoms with van der Waals surface area (Å²) in [6.07, 6.45) is 5.79. The summed E-state index contributed by atoms with van der Waals surface area (Å²) < 4.78 is 0. The van der Waals surface area contributed by atoms with Crippen LogP contribution in [0, 0.1) is 25.7 Å². The molecule has 2 saturated carbocycles. The quantitative estimate of drug-likeness (QED) is 0.913. The summed E-state index contributed by atoms with van der Waals surface area (Å²) in [5, 5.41) is 3.85. The molecule has 0 radical (unpaired) electrons. The van der Waals surface area contributed by atoms with Gasteiger partial charge in [0.25, 0.3) is 0 Å². The van der Waals surface area contributed by atoms with Gasteiger partial charge in [0.2, 0.25) is 0 Å². The Kier molecular flexibility index (Phi) is 3.55. The predicted octanol–water partition coefficient (Wildman–Crippen LogP) is 3.27. The van der Waals surface area contributed by atoms with E-state index in [9.17, 15) is 0 Å². The highest BCUT2D eigenvalue weighted by molar-refractivity contribution is 5.30. The molecule has 1 heterocycles. The van der Waals surface area contributed by atoms with Crippen molar-refractivity contribution in [1.29, 1.82) is 0 Å². The van der Waals surface area contributed by atoms with Crippen molar-refractivity contribution in [2.45, 2.75) is 58.2 Å². The van der Waals surface area contributed by atoms with Gasteiger partial charge in [-0.05, 0) is 62.5 Å². The van der Waals surface area contributed by atoms with E-state index in [0.717, 1.165) is 30.5 Å². The lowest BCUT2D eigenvalue weighted by Crippen LogP contribution is -2.57. The van der Waals surface area contributed by atoms with Crippen molar-refractivity contribution in [3.63, 3.8) is 0 Å². The highest BCUT2D eigenvalue weighted by Gasteiger charge is 2.42. The maximum atomic E-state index is 3.85. The summed E-state index contributed by atoms with van der Waals surface area (Å²) in [4.78, 5) is 2.80. The van der Waals surface area contributed by atoms with Crippen LogP contribution >= 0.6 is 0 Å². The van der Waals surface area contributed by atoms with Gasteiger partial charge in [-0.25, -0.2) is 0 Å². The first-order chi connectivity index (χ1) is 10.2. The molecular weight excluding hydrogens is 256 g/mol. The first kappa shape index (κ1) is 13.8. The standard InChI is InChI=1S/C19H28N2/c1-13-3-4-14(2)17(9-13)11-21-12-18(15-5-6-15)20-10-19(21)16-7-8-16/h3-4,9,15-16,18-20H,5-8,10-12H2,1-2H3. The summed E-state index contributed by atoms with van der Waals surface area (Å²) in [7, 11) is 0. The van der Waals surface area contributed by atoms with E-state index in [2.05, 4.69) is 42.3 Å². The molecule has 1 aromatic carbocycles. The molecule has 4 rings (SSSR count). The number of rotatable bonds is 4. The molecule has 3 fully saturated rings. The van der Waals surface area contributed by atoms with Gasteiger partial charge in [0.05, 0.1) is 0 Å². The van der Waals surface area contributed by atoms with E-state index in [4.69, 9.17) is 0 Å². The van der Waals surface area contributed by atoms with Crippen molar-refractivity contribution in [2.75, 3.05) is 13.1 Å². The maximum Gasteiger partial charge on any atom is 0.0253 e. The Morgan fingerprint density at radius 1 is 1.10 bits per heavy atom. The molecule has 0 bridgehead atoms. The SMILES string of the molecule is Cc1ccc(C)c(CN2CC(C3CC3)NCC2C2CC2)c1. The zero-order valence-electron chi connectivity index (χ0n) is 13.4. The number of hydrogen-bond acceptors (Lipinski definition) is 2. The van der Waals surface area contributed by atoms with Crippen LogP contribution in [0.1, 0.15) is 42.4 Å². The number of nitrogens with one attached hydrogen (secondary N) is 1. The van der Waals surface area contributed by atoms with E-state index in [1.807, 2.05) is 0 Å². The Morgan fingerprint density at radius 2 is 1.86 bits per heavy atom. The van der Waals surface area contributed by atoms with Crippen LogP contribution in [0.2, 0.25) is 0 Å². The van der Waals surface area contributed by atoms with Gasteiger partial charge in [0, 0.05) is 31.7 Å². The minimum Gasteiger partial charge on any atom is -0.311 e. The third-order valence-electron chi connectivity index (χ3n) is 5.72. The molecule has 1 saturated heterocycles. The smallest absolute Gasteiger partial charge is 0.0253 e. The number of hydrogen-bond donors (Lipinski definition) is 1. The molecular formula is C19H28N2. The number of benzene rings is 1. The fourth-order valence-corrected chi connectivity index (χ4v) is 3.99. The van der Waals surface area contributed by atoms with Gasteiger partial charge in [-0.3, -0.25) is 4.90 Å². The van der Waals surface area contributed by atoms with Crippen molar-refractivity contribution in [3.05, 3.63) is 34.9 Å². The van der Waals surface area contributed by atoms with Gasteiger partial charge >= 0.3 is 0 Å². The van der Waals surface area contributed by atoms with Gasteiger partial charge in [0.15, 0.2) is 0 Å². The summed E-state index contributed by atoms with van der Waals surface area (Å²) in [5.41, 5.74) is 4.39. The molecule has 1 N–H and O–H groups in total. The molecule has 2 aliphatic carbocycles. The Hall–Kier alpha value is -0.860. The second-order valence-electron chi connectivity index (χ2n) is 7.62. The van der Waals surface area contributed by atoms with Gasteiger partial charge in [-0.15, -0.1) is 0 Å². The first-order valence-electron chi connectivity index (χ1n) is 8.74. The first-order valence-corrected chi connectivity index (χ1v) is 8.74. The van der Waals surface area contributed by atoms with Crippen LogP contribution in [0.15, 0.2) is 18.2 Å². The van der Waals surface area contributed by atoms with Crippen molar-refractivity contribution >= 4 is 0 Å². The molecule has 114 valence electrons. The topological polar surface area (TPSA) is 15.3 Å². The normalized spacial score (nSPS) is 30.6. The van der Waals surface area contributed by atoms with E-state index in [1.54, 1.807) is 0 Å². The lowest BCUT2D eigenvalue weighted by atomic mass is 9.99. The average molecular weight is 284 g/mol. The lowest BCUT2D eigenvalue weighted by Gasteiger charge is -2.41. The van der Waals surface area contributed by atoms with Gasteiger partial charge in [-0.2, -0.15) is 0 Å². The van der Waals surface area contributed by atoms with E-state index in [1.165, 1.54) is 55.5 Å². The minimum atomic E-state index is 0.755. The number of aryl methyl sites for hydroxylation is 2. The number of piperazine rings is 1. The molecule has 21 heavy (non-hydrogen) atoms. The van der Waals surface area contributed by atoms with Crippen LogP contribution in [-0.4, -0.2) is 30.1 Å². The molecule has 0 spiro atoms. The summed E-state index contributed by atoms with van der Waals surface area (Å²) >= 11 is 0. The largest absolute Gasteiger partial charge is 0.311 e. The zero-order valence-corrected chi connectivity index (χ0v) is 13.4. The zero-order chi connectivity index (χ0) is 14.4. The van der Waals surface area contributed by atoms with Gasteiger partial charge in [0.1, 0.15) is 0 Å². The second-order valence-corrected chi connectivity index (χ2v) is 7.62. The molecule has 2 heteroatoms. The molecule has 2 nitrogen and oxygen atoms in total. The molecule has 1 aromatic rings. The fourth-order valence-electron chi connectivity index (χ4n) is 3.99. The van der Waals surface area contributed by atoms with Crippen molar-refractivity contribution < 1.29 is 0 Å². The molecule has 0 amide bonds. The third kappa shape index (κ3) is 3.02. The van der Waals surface area contributed by atoms with E-state index >= 15 is 0 Å². The number of nitrogens with zero attached hydrogens (tertiary/aromatic N) is 1. The fraction of sp³-hybridized carbons (Fsp3) is 0.684. The Bertz CT molecular complexity index is 516. The maximum absolute atomic E-state index is 3.85. The van der Waals surface area contributed by atoms with Crippen molar-refractivity contribution in [2.24, 2.45) is 11.8 Å². The highest BCUT2D eigenvalue weighted by atomic mass is 15.2. The van der Waals surface area contributed by atoms with E-state index < -0.39 is 0 Å². The molecule has 3 aliphatic rings. The van der Waals surface area contributed by atoms with Crippen LogP contribution < -0.4 is 5.32 Å². The van der Waals surface area contributed by atoms with E-state index in [-0.39, 0.29) is 0 Å². The second kappa shape index (κ2) is 5.40. The average Bonchev–Trinajstić information content (AvgIpc) is 3.36. The van der Waals surface area contributed by atoms with Gasteiger partial charge in [-0.1, -0.05) is 23.8 Å². The van der Waals surface area contributed by atoms with Crippen LogP contribution in [-0.2, 0) is 6.54 Å². The Balaban J connectivity index is 1.52. The van der Waals surface area contributed by atoms with Gasteiger partial charge < -0.3 is 5.32 Å². The molecule has 2 atom stereocenters. The van der Waals surface area contributed by atoms with Crippen LogP contribution in [0.3, 0.4) is 0 Å². The Morgan fingerprint density at radius 3 is 2.57 bits per heavy atom. The predicted molar refractivity (Wildman–Crippen MR) is 87.4 cm³/mol. The third-order valence-corrected chi connectivity index (χ3v) is 5.72. The molecule has 2 unspecified atom stereocenters. The minimum absolute atomic E-state index is 0.755.